The maximum atomic E-state index is 5.51. The molecule has 2 rings (SSSR count). The van der Waals surface area contributed by atoms with Gasteiger partial charge in [0.25, 0.3) is 0 Å². The third-order valence-electron chi connectivity index (χ3n) is 2.51. The second-order valence-electron chi connectivity index (χ2n) is 3.55. The van der Waals surface area contributed by atoms with E-state index in [1.807, 2.05) is 13.0 Å². The minimum Gasteiger partial charge on any atom is -0.497 e. The number of hydrogen-bond acceptors (Lipinski definition) is 1. The second-order valence-corrected chi connectivity index (χ2v) is 3.55. The Bertz CT molecular complexity index is 324. The van der Waals surface area contributed by atoms with Gasteiger partial charge < -0.3 is 4.74 Å². The normalized spacial score (nSPS) is 21.8. The third kappa shape index (κ3) is 1.46. The molecule has 0 aliphatic carbocycles. The lowest BCUT2D eigenvalue weighted by Gasteiger charge is -2.06. The van der Waals surface area contributed by atoms with Crippen molar-refractivity contribution >= 4 is 5.57 Å². The first-order valence-electron chi connectivity index (χ1n) is 4.68. The summed E-state index contributed by atoms with van der Waals surface area (Å²) >= 11 is 0. The smallest absolute Gasteiger partial charge is 0.0971 e. The molecule has 1 aromatic carbocycles. The van der Waals surface area contributed by atoms with Crippen molar-refractivity contribution in [2.45, 2.75) is 13.8 Å². The summed E-state index contributed by atoms with van der Waals surface area (Å²) in [4.78, 5) is 0. The molecule has 0 spiro atoms. The Kier molecular flexibility index (Phi) is 2.09. The molecule has 0 saturated heterocycles. The van der Waals surface area contributed by atoms with Gasteiger partial charge in [-0.05, 0) is 12.5 Å². The summed E-state index contributed by atoms with van der Waals surface area (Å²) in [5.41, 5.74) is 2.66. The Morgan fingerprint density at radius 2 is 1.92 bits per heavy atom. The van der Waals surface area contributed by atoms with Crippen LogP contribution in [0.3, 0.4) is 0 Å². The molecule has 1 atom stereocenters. The summed E-state index contributed by atoms with van der Waals surface area (Å²) in [6.07, 6.45) is 0. The summed E-state index contributed by atoms with van der Waals surface area (Å²) in [5, 5.41) is 0. The average Bonchev–Trinajstić information content (AvgIpc) is 2.48. The van der Waals surface area contributed by atoms with Gasteiger partial charge in [0.15, 0.2) is 0 Å². The Labute approximate surface area is 79.0 Å². The van der Waals surface area contributed by atoms with Crippen molar-refractivity contribution in [1.82, 2.24) is 0 Å². The van der Waals surface area contributed by atoms with Crippen molar-refractivity contribution in [2.24, 2.45) is 5.92 Å². The van der Waals surface area contributed by atoms with E-state index in [1.54, 1.807) is 0 Å². The molecular weight excluding hydrogens is 160 g/mol. The average molecular weight is 174 g/mol. The second kappa shape index (κ2) is 3.25. The van der Waals surface area contributed by atoms with Crippen LogP contribution in [0.25, 0.3) is 5.57 Å². The lowest BCUT2D eigenvalue weighted by atomic mass is 9.95. The number of allylic oxidation sites excluding steroid dienone is 1. The van der Waals surface area contributed by atoms with Crippen LogP contribution in [-0.2, 0) is 4.74 Å². The molecule has 1 aliphatic heterocycles. The molecule has 13 heavy (non-hydrogen) atoms. The van der Waals surface area contributed by atoms with Gasteiger partial charge in [-0.2, -0.15) is 0 Å². The van der Waals surface area contributed by atoms with E-state index in [2.05, 4.69) is 31.2 Å². The molecule has 0 bridgehead atoms. The SMILES string of the molecule is CC1=C(c2ccccc2)C(C)CO1. The van der Waals surface area contributed by atoms with Crippen molar-refractivity contribution in [3.8, 4) is 0 Å². The van der Waals surface area contributed by atoms with E-state index in [4.69, 9.17) is 4.74 Å². The van der Waals surface area contributed by atoms with Gasteiger partial charge in [-0.25, -0.2) is 0 Å². The van der Waals surface area contributed by atoms with Crippen LogP contribution in [0.2, 0.25) is 0 Å². The lowest BCUT2D eigenvalue weighted by Crippen LogP contribution is -1.97. The van der Waals surface area contributed by atoms with E-state index < -0.39 is 0 Å². The highest BCUT2D eigenvalue weighted by molar-refractivity contribution is 5.70. The molecule has 1 heteroatoms. The van der Waals surface area contributed by atoms with E-state index in [0.29, 0.717) is 5.92 Å². The van der Waals surface area contributed by atoms with Gasteiger partial charge in [0.2, 0.25) is 0 Å². The van der Waals surface area contributed by atoms with Crippen LogP contribution in [0.15, 0.2) is 36.1 Å². The van der Waals surface area contributed by atoms with Gasteiger partial charge in [0.05, 0.1) is 12.4 Å². The van der Waals surface area contributed by atoms with Crippen molar-refractivity contribution < 1.29 is 4.74 Å². The molecule has 0 N–H and O–H groups in total. The van der Waals surface area contributed by atoms with Crippen molar-refractivity contribution in [3.05, 3.63) is 41.7 Å². The minimum absolute atomic E-state index is 0.530. The van der Waals surface area contributed by atoms with E-state index in [1.165, 1.54) is 11.1 Å². The Hall–Kier alpha value is -1.24. The summed E-state index contributed by atoms with van der Waals surface area (Å²) in [6.45, 7) is 5.08. The van der Waals surface area contributed by atoms with Gasteiger partial charge in [-0.15, -0.1) is 0 Å². The van der Waals surface area contributed by atoms with Crippen LogP contribution in [0, 0.1) is 5.92 Å². The quantitative estimate of drug-likeness (QED) is 0.635. The van der Waals surface area contributed by atoms with Crippen LogP contribution < -0.4 is 0 Å². The summed E-state index contributed by atoms with van der Waals surface area (Å²) < 4.78 is 5.51. The van der Waals surface area contributed by atoms with Crippen LogP contribution in [-0.4, -0.2) is 6.61 Å². The van der Waals surface area contributed by atoms with Crippen molar-refractivity contribution in [3.63, 3.8) is 0 Å². The zero-order chi connectivity index (χ0) is 9.26. The van der Waals surface area contributed by atoms with E-state index in [0.717, 1.165) is 12.4 Å². The predicted molar refractivity (Wildman–Crippen MR) is 54.2 cm³/mol. The molecule has 68 valence electrons. The highest BCUT2D eigenvalue weighted by Crippen LogP contribution is 2.32. The minimum atomic E-state index is 0.530. The van der Waals surface area contributed by atoms with Crippen LogP contribution in [0.5, 0.6) is 0 Å². The molecule has 0 aromatic heterocycles. The van der Waals surface area contributed by atoms with Gasteiger partial charge >= 0.3 is 0 Å². The van der Waals surface area contributed by atoms with Crippen molar-refractivity contribution in [2.75, 3.05) is 6.61 Å². The monoisotopic (exact) mass is 174 g/mol. The van der Waals surface area contributed by atoms with Gasteiger partial charge in [0, 0.05) is 11.5 Å². The fourth-order valence-corrected chi connectivity index (χ4v) is 1.86. The predicted octanol–water partition coefficient (Wildman–Crippen LogP) is 3.08. The molecule has 0 fully saturated rings. The highest BCUT2D eigenvalue weighted by Gasteiger charge is 2.21. The van der Waals surface area contributed by atoms with E-state index >= 15 is 0 Å². The lowest BCUT2D eigenvalue weighted by molar-refractivity contribution is 0.225. The summed E-state index contributed by atoms with van der Waals surface area (Å²) in [7, 11) is 0. The van der Waals surface area contributed by atoms with Crippen LogP contribution >= 0.6 is 0 Å². The first-order chi connectivity index (χ1) is 6.29. The van der Waals surface area contributed by atoms with Crippen LogP contribution in [0.4, 0.5) is 0 Å². The molecule has 0 amide bonds. The largest absolute Gasteiger partial charge is 0.497 e. The molecule has 1 aliphatic rings. The van der Waals surface area contributed by atoms with Gasteiger partial charge in [0.1, 0.15) is 0 Å². The number of benzene rings is 1. The standard InChI is InChI=1S/C12H14O/c1-9-8-13-10(2)12(9)11-6-4-3-5-7-11/h3-7,9H,8H2,1-2H3. The fourth-order valence-electron chi connectivity index (χ4n) is 1.86. The van der Waals surface area contributed by atoms with E-state index in [-0.39, 0.29) is 0 Å². The van der Waals surface area contributed by atoms with Crippen molar-refractivity contribution in [1.29, 1.82) is 0 Å². The molecule has 1 aromatic rings. The maximum absolute atomic E-state index is 5.51. The molecule has 1 unspecified atom stereocenters. The summed E-state index contributed by atoms with van der Waals surface area (Å²) in [5.74, 6) is 1.61. The Balaban J connectivity index is 2.41. The molecule has 0 radical (unpaired) electrons. The number of ether oxygens (including phenoxy) is 1. The zero-order valence-corrected chi connectivity index (χ0v) is 8.08. The molecule has 1 nitrogen and oxygen atoms in total. The maximum Gasteiger partial charge on any atom is 0.0971 e. The Morgan fingerprint density at radius 1 is 1.23 bits per heavy atom. The van der Waals surface area contributed by atoms with Crippen LogP contribution in [0.1, 0.15) is 19.4 Å². The third-order valence-corrected chi connectivity index (χ3v) is 2.51. The fraction of sp³-hybridized carbons (Fsp3) is 0.333. The first kappa shape index (κ1) is 8.36. The number of rotatable bonds is 1. The number of hydrogen-bond donors (Lipinski definition) is 0. The summed E-state index contributed by atoms with van der Waals surface area (Å²) in [6, 6.07) is 10.5. The molecule has 1 heterocycles. The molecular formula is C12H14O. The molecule has 0 saturated carbocycles. The highest BCUT2D eigenvalue weighted by atomic mass is 16.5. The van der Waals surface area contributed by atoms with Gasteiger partial charge in [-0.1, -0.05) is 37.3 Å². The van der Waals surface area contributed by atoms with E-state index in [9.17, 15) is 0 Å². The Morgan fingerprint density at radius 3 is 2.46 bits per heavy atom. The van der Waals surface area contributed by atoms with Gasteiger partial charge in [-0.3, -0.25) is 0 Å². The topological polar surface area (TPSA) is 9.23 Å². The zero-order valence-electron chi connectivity index (χ0n) is 8.08. The first-order valence-corrected chi connectivity index (χ1v) is 4.68.